The van der Waals surface area contributed by atoms with E-state index in [1.807, 2.05) is 11.8 Å². The molecule has 0 bridgehead atoms. The Morgan fingerprint density at radius 1 is 1.37 bits per heavy atom. The molecule has 1 N–H and O–H groups in total. The Kier molecular flexibility index (Phi) is 5.64. The van der Waals surface area contributed by atoms with Crippen LogP contribution in [0.3, 0.4) is 0 Å². The van der Waals surface area contributed by atoms with Crippen molar-refractivity contribution in [3.63, 3.8) is 0 Å². The van der Waals surface area contributed by atoms with Crippen molar-refractivity contribution in [3.05, 3.63) is 0 Å². The lowest BCUT2D eigenvalue weighted by Gasteiger charge is -2.36. The van der Waals surface area contributed by atoms with Crippen molar-refractivity contribution < 1.29 is 9.53 Å². The topological polar surface area (TPSA) is 41.6 Å². The van der Waals surface area contributed by atoms with E-state index >= 15 is 0 Å². The fourth-order valence-corrected chi connectivity index (χ4v) is 3.17. The maximum Gasteiger partial charge on any atom is 0.222 e. The number of carbonyl (C=O) groups is 1. The number of amides is 1. The van der Waals surface area contributed by atoms with E-state index in [0.717, 1.165) is 39.1 Å². The lowest BCUT2D eigenvalue weighted by Crippen LogP contribution is -2.43. The number of ether oxygens (including phenoxy) is 1. The van der Waals surface area contributed by atoms with Crippen molar-refractivity contribution in [1.29, 1.82) is 0 Å². The van der Waals surface area contributed by atoms with Gasteiger partial charge in [0.1, 0.15) is 0 Å². The van der Waals surface area contributed by atoms with Crippen LogP contribution < -0.4 is 5.32 Å². The van der Waals surface area contributed by atoms with Crippen LogP contribution in [0.15, 0.2) is 0 Å². The van der Waals surface area contributed by atoms with E-state index in [-0.39, 0.29) is 0 Å². The number of hydrogen-bond acceptors (Lipinski definition) is 3. The van der Waals surface area contributed by atoms with Gasteiger partial charge in [0, 0.05) is 32.2 Å². The van der Waals surface area contributed by atoms with Crippen LogP contribution in [0.5, 0.6) is 0 Å². The molecule has 1 heterocycles. The number of likely N-dealkylation sites (N-methyl/N-ethyl adjacent to an activating group) is 1. The van der Waals surface area contributed by atoms with Gasteiger partial charge in [0.05, 0.1) is 6.10 Å². The average Bonchev–Trinajstić information content (AvgIpc) is 2.86. The molecule has 2 fully saturated rings. The van der Waals surface area contributed by atoms with Gasteiger partial charge in [-0.15, -0.1) is 0 Å². The molecule has 1 aliphatic heterocycles. The highest BCUT2D eigenvalue weighted by atomic mass is 16.5. The Bertz CT molecular complexity index is 284. The molecule has 1 saturated carbocycles. The van der Waals surface area contributed by atoms with Gasteiger partial charge in [-0.2, -0.15) is 0 Å². The lowest BCUT2D eigenvalue weighted by molar-refractivity contribution is -0.134. The van der Waals surface area contributed by atoms with Gasteiger partial charge in [-0.1, -0.05) is 0 Å². The molecule has 0 aromatic carbocycles. The molecule has 0 aromatic heterocycles. The maximum atomic E-state index is 12.3. The molecule has 1 amide bonds. The Morgan fingerprint density at radius 2 is 2.16 bits per heavy atom. The highest BCUT2D eigenvalue weighted by Gasteiger charge is 2.32. The van der Waals surface area contributed by atoms with Crippen molar-refractivity contribution in [2.24, 2.45) is 5.92 Å². The summed E-state index contributed by atoms with van der Waals surface area (Å²) in [7, 11) is 0. The molecule has 1 atom stereocenters. The van der Waals surface area contributed by atoms with Crippen molar-refractivity contribution in [3.8, 4) is 0 Å². The molecule has 1 unspecified atom stereocenters. The summed E-state index contributed by atoms with van der Waals surface area (Å²) in [5.74, 6) is 0.880. The quantitative estimate of drug-likeness (QED) is 0.765. The first-order chi connectivity index (χ1) is 9.22. The summed E-state index contributed by atoms with van der Waals surface area (Å²) in [4.78, 5) is 14.3. The van der Waals surface area contributed by atoms with E-state index in [1.54, 1.807) is 0 Å². The molecule has 4 nitrogen and oxygen atoms in total. The molecule has 0 radical (unpaired) electrons. The van der Waals surface area contributed by atoms with Gasteiger partial charge < -0.3 is 15.0 Å². The number of hydrogen-bond donors (Lipinski definition) is 1. The van der Waals surface area contributed by atoms with Crippen molar-refractivity contribution >= 4 is 5.91 Å². The van der Waals surface area contributed by atoms with Crippen LogP contribution in [-0.2, 0) is 9.53 Å². The standard InChI is InChI=1S/C15H28N2O2/c1-3-17(11-13-6-5-7-16-13)15(18)10-12-8-14(9-12)19-4-2/h12-14,16H,3-11H2,1-2H3. The molecule has 2 rings (SSSR count). The Labute approximate surface area is 116 Å². The van der Waals surface area contributed by atoms with Gasteiger partial charge in [0.25, 0.3) is 0 Å². The second-order valence-corrected chi connectivity index (χ2v) is 5.84. The number of rotatable bonds is 7. The molecule has 1 aliphatic carbocycles. The third-order valence-electron chi connectivity index (χ3n) is 4.40. The molecule has 1 saturated heterocycles. The highest BCUT2D eigenvalue weighted by Crippen LogP contribution is 2.33. The molecular weight excluding hydrogens is 240 g/mol. The normalized spacial score (nSPS) is 30.1. The van der Waals surface area contributed by atoms with Crippen LogP contribution in [-0.4, -0.2) is 49.2 Å². The van der Waals surface area contributed by atoms with Crippen molar-refractivity contribution in [1.82, 2.24) is 10.2 Å². The SMILES string of the molecule is CCOC1CC(CC(=O)N(CC)CC2CCCN2)C1. The van der Waals surface area contributed by atoms with Gasteiger partial charge in [0.15, 0.2) is 0 Å². The van der Waals surface area contributed by atoms with Crippen LogP contribution >= 0.6 is 0 Å². The van der Waals surface area contributed by atoms with E-state index < -0.39 is 0 Å². The van der Waals surface area contributed by atoms with Gasteiger partial charge in [-0.3, -0.25) is 4.79 Å². The molecule has 4 heteroatoms. The number of carbonyl (C=O) groups excluding carboxylic acids is 1. The van der Waals surface area contributed by atoms with Crippen molar-refractivity contribution in [2.75, 3.05) is 26.2 Å². The van der Waals surface area contributed by atoms with Gasteiger partial charge in [-0.25, -0.2) is 0 Å². The molecule has 19 heavy (non-hydrogen) atoms. The van der Waals surface area contributed by atoms with Gasteiger partial charge >= 0.3 is 0 Å². The number of nitrogens with one attached hydrogen (secondary N) is 1. The first kappa shape index (κ1) is 14.8. The van der Waals surface area contributed by atoms with E-state index in [9.17, 15) is 4.79 Å². The summed E-state index contributed by atoms with van der Waals surface area (Å²) < 4.78 is 5.55. The summed E-state index contributed by atoms with van der Waals surface area (Å²) >= 11 is 0. The molecule has 0 aromatic rings. The molecule has 110 valence electrons. The van der Waals surface area contributed by atoms with E-state index in [0.29, 0.717) is 30.4 Å². The fourth-order valence-electron chi connectivity index (χ4n) is 3.17. The minimum Gasteiger partial charge on any atom is -0.378 e. The van der Waals surface area contributed by atoms with Crippen LogP contribution in [0.2, 0.25) is 0 Å². The van der Waals surface area contributed by atoms with Gasteiger partial charge in [-0.05, 0) is 52.0 Å². The fraction of sp³-hybridized carbons (Fsp3) is 0.933. The van der Waals surface area contributed by atoms with Gasteiger partial charge in [0.2, 0.25) is 5.91 Å². The second kappa shape index (κ2) is 7.25. The predicted octanol–water partition coefficient (Wildman–Crippen LogP) is 1.79. The van der Waals surface area contributed by atoms with Crippen molar-refractivity contribution in [2.45, 2.75) is 58.1 Å². The second-order valence-electron chi connectivity index (χ2n) is 5.84. The summed E-state index contributed by atoms with van der Waals surface area (Å²) in [5, 5.41) is 3.47. The number of nitrogens with zero attached hydrogens (tertiary/aromatic N) is 1. The van der Waals surface area contributed by atoms with E-state index in [1.165, 1.54) is 12.8 Å². The Morgan fingerprint density at radius 3 is 2.74 bits per heavy atom. The first-order valence-corrected chi connectivity index (χ1v) is 7.85. The monoisotopic (exact) mass is 268 g/mol. The largest absolute Gasteiger partial charge is 0.378 e. The van der Waals surface area contributed by atoms with Crippen LogP contribution in [0, 0.1) is 5.92 Å². The van der Waals surface area contributed by atoms with E-state index in [4.69, 9.17) is 4.74 Å². The van der Waals surface area contributed by atoms with Crippen LogP contribution in [0.25, 0.3) is 0 Å². The third-order valence-corrected chi connectivity index (χ3v) is 4.40. The summed E-state index contributed by atoms with van der Waals surface area (Å²) in [6.07, 6.45) is 5.71. The lowest BCUT2D eigenvalue weighted by atomic mass is 9.79. The zero-order chi connectivity index (χ0) is 13.7. The van der Waals surface area contributed by atoms with E-state index in [2.05, 4.69) is 12.2 Å². The minimum absolute atomic E-state index is 0.330. The highest BCUT2D eigenvalue weighted by molar-refractivity contribution is 5.76. The third kappa shape index (κ3) is 4.18. The first-order valence-electron chi connectivity index (χ1n) is 7.85. The van der Waals surface area contributed by atoms with Crippen LogP contribution in [0.4, 0.5) is 0 Å². The molecular formula is C15H28N2O2. The van der Waals surface area contributed by atoms with Crippen LogP contribution in [0.1, 0.15) is 46.0 Å². The zero-order valence-electron chi connectivity index (χ0n) is 12.4. The zero-order valence-corrected chi connectivity index (χ0v) is 12.4. The predicted molar refractivity (Wildman–Crippen MR) is 76.0 cm³/mol. The molecule has 2 aliphatic rings. The molecule has 0 spiro atoms. The Hall–Kier alpha value is -0.610. The summed E-state index contributed by atoms with van der Waals surface area (Å²) in [6, 6.07) is 0.515. The smallest absolute Gasteiger partial charge is 0.222 e. The average molecular weight is 268 g/mol. The minimum atomic E-state index is 0.330. The Balaban J connectivity index is 1.68. The summed E-state index contributed by atoms with van der Waals surface area (Å²) in [5.41, 5.74) is 0. The maximum absolute atomic E-state index is 12.3. The summed E-state index contributed by atoms with van der Waals surface area (Å²) in [6.45, 7) is 7.73.